The number of carbonyl (C=O) groups excluding carboxylic acids is 1. The van der Waals surface area contributed by atoms with Crippen molar-refractivity contribution in [3.8, 4) is 11.5 Å². The highest BCUT2D eigenvalue weighted by Crippen LogP contribution is 2.32. The molecule has 0 spiro atoms. The van der Waals surface area contributed by atoms with Gasteiger partial charge in [0, 0.05) is 27.9 Å². The molecule has 126 valence electrons. The molecule has 2 aromatic carbocycles. The number of nitrogens with one attached hydrogen (secondary N) is 1. The fraction of sp³-hybridized carbons (Fsp3) is 0.167. The number of carbonyl (C=O) groups is 1. The lowest BCUT2D eigenvalue weighted by molar-refractivity contribution is -0.111. The minimum atomic E-state index is -0.399. The largest absolute Gasteiger partial charge is 0.493 e. The Bertz CT molecular complexity index is 790. The van der Waals surface area contributed by atoms with Crippen molar-refractivity contribution in [2.75, 3.05) is 19.5 Å². The zero-order valence-electron chi connectivity index (χ0n) is 13.5. The topological polar surface area (TPSA) is 47.6 Å². The second-order valence-corrected chi connectivity index (χ2v) is 5.93. The van der Waals surface area contributed by atoms with E-state index in [0.29, 0.717) is 22.7 Å². The maximum Gasteiger partial charge on any atom is 0.248 e. The molecule has 0 heterocycles. The van der Waals surface area contributed by atoms with Gasteiger partial charge in [-0.2, -0.15) is 0 Å². The van der Waals surface area contributed by atoms with E-state index in [1.807, 2.05) is 6.92 Å². The van der Waals surface area contributed by atoms with Crippen LogP contribution in [0.4, 0.5) is 10.1 Å². The van der Waals surface area contributed by atoms with Crippen molar-refractivity contribution in [2.24, 2.45) is 0 Å². The highest BCUT2D eigenvalue weighted by atomic mass is 79.9. The van der Waals surface area contributed by atoms with E-state index in [4.69, 9.17) is 9.47 Å². The van der Waals surface area contributed by atoms with Crippen LogP contribution in [0.25, 0.3) is 6.08 Å². The summed E-state index contributed by atoms with van der Waals surface area (Å²) in [7, 11) is 3.07. The Morgan fingerprint density at radius 2 is 1.83 bits per heavy atom. The summed E-state index contributed by atoms with van der Waals surface area (Å²) < 4.78 is 24.8. The molecule has 0 aromatic heterocycles. The minimum Gasteiger partial charge on any atom is -0.493 e. The summed E-state index contributed by atoms with van der Waals surface area (Å²) in [4.78, 5) is 12.1. The van der Waals surface area contributed by atoms with Crippen LogP contribution >= 0.6 is 15.9 Å². The zero-order valence-corrected chi connectivity index (χ0v) is 15.1. The number of halogens is 2. The average molecular weight is 394 g/mol. The molecule has 0 bridgehead atoms. The van der Waals surface area contributed by atoms with E-state index in [-0.39, 0.29) is 5.91 Å². The maximum absolute atomic E-state index is 13.7. The van der Waals surface area contributed by atoms with E-state index < -0.39 is 5.82 Å². The van der Waals surface area contributed by atoms with Crippen LogP contribution < -0.4 is 14.8 Å². The lowest BCUT2D eigenvalue weighted by atomic mass is 10.1. The number of anilines is 1. The lowest BCUT2D eigenvalue weighted by Crippen LogP contribution is -2.09. The SMILES string of the molecule is COc1cc(C)c(NC(=O)/C=C/c2cc(Br)ccc2F)cc1OC. The molecule has 0 fully saturated rings. The van der Waals surface area contributed by atoms with Crippen LogP contribution in [0.3, 0.4) is 0 Å². The molecule has 0 radical (unpaired) electrons. The fourth-order valence-corrected chi connectivity index (χ4v) is 2.48. The number of ether oxygens (including phenoxy) is 2. The maximum atomic E-state index is 13.7. The first-order valence-corrected chi connectivity index (χ1v) is 7.90. The number of aryl methyl sites for hydroxylation is 1. The summed E-state index contributed by atoms with van der Waals surface area (Å²) >= 11 is 3.27. The highest BCUT2D eigenvalue weighted by Gasteiger charge is 2.10. The van der Waals surface area contributed by atoms with Gasteiger partial charge in [0.25, 0.3) is 0 Å². The van der Waals surface area contributed by atoms with Crippen molar-refractivity contribution in [3.05, 3.63) is 57.8 Å². The molecule has 2 rings (SSSR count). The van der Waals surface area contributed by atoms with Gasteiger partial charge in [-0.25, -0.2) is 4.39 Å². The molecular weight excluding hydrogens is 377 g/mol. The number of benzene rings is 2. The monoisotopic (exact) mass is 393 g/mol. The van der Waals surface area contributed by atoms with Gasteiger partial charge in [0.1, 0.15) is 5.82 Å². The molecule has 6 heteroatoms. The van der Waals surface area contributed by atoms with Crippen molar-refractivity contribution < 1.29 is 18.7 Å². The van der Waals surface area contributed by atoms with Crippen molar-refractivity contribution in [2.45, 2.75) is 6.92 Å². The van der Waals surface area contributed by atoms with Crippen LogP contribution in [0.15, 0.2) is 40.9 Å². The van der Waals surface area contributed by atoms with E-state index in [1.165, 1.54) is 25.3 Å². The van der Waals surface area contributed by atoms with E-state index in [2.05, 4.69) is 21.2 Å². The van der Waals surface area contributed by atoms with Gasteiger partial charge < -0.3 is 14.8 Å². The number of amides is 1. The first-order valence-electron chi connectivity index (χ1n) is 7.11. The van der Waals surface area contributed by atoms with E-state index in [1.54, 1.807) is 31.4 Å². The third-order valence-electron chi connectivity index (χ3n) is 3.36. The lowest BCUT2D eigenvalue weighted by Gasteiger charge is -2.12. The molecule has 0 aliphatic rings. The number of hydrogen-bond donors (Lipinski definition) is 1. The third kappa shape index (κ3) is 4.35. The predicted molar refractivity (Wildman–Crippen MR) is 96.0 cm³/mol. The summed E-state index contributed by atoms with van der Waals surface area (Å²) in [5.74, 6) is 0.328. The summed E-state index contributed by atoms with van der Waals surface area (Å²) in [6.07, 6.45) is 2.70. The Balaban J connectivity index is 2.18. The second kappa shape index (κ2) is 7.97. The molecule has 24 heavy (non-hydrogen) atoms. The molecule has 2 aromatic rings. The minimum absolute atomic E-state index is 0.323. The first kappa shape index (κ1) is 18.0. The normalized spacial score (nSPS) is 10.7. The number of methoxy groups -OCH3 is 2. The summed E-state index contributed by atoms with van der Waals surface area (Å²) in [6.45, 7) is 1.84. The van der Waals surface area contributed by atoms with Crippen molar-refractivity contribution in [1.29, 1.82) is 0 Å². The number of hydrogen-bond acceptors (Lipinski definition) is 3. The van der Waals surface area contributed by atoms with Gasteiger partial charge in [-0.15, -0.1) is 0 Å². The van der Waals surface area contributed by atoms with E-state index in [9.17, 15) is 9.18 Å². The molecule has 0 unspecified atom stereocenters. The Hall–Kier alpha value is -2.34. The Labute approximate surface area is 148 Å². The number of rotatable bonds is 5. The summed E-state index contributed by atoms with van der Waals surface area (Å²) in [6, 6.07) is 7.98. The van der Waals surface area contributed by atoms with Gasteiger partial charge >= 0.3 is 0 Å². The fourth-order valence-electron chi connectivity index (χ4n) is 2.10. The molecule has 1 amide bonds. The van der Waals surface area contributed by atoms with Gasteiger partial charge in [-0.3, -0.25) is 4.79 Å². The molecule has 1 N–H and O–H groups in total. The average Bonchev–Trinajstić information content (AvgIpc) is 2.57. The van der Waals surface area contributed by atoms with Gasteiger partial charge in [-0.05, 0) is 42.8 Å². The van der Waals surface area contributed by atoms with Gasteiger partial charge in [0.15, 0.2) is 11.5 Å². The molecule has 0 saturated heterocycles. The highest BCUT2D eigenvalue weighted by molar-refractivity contribution is 9.10. The predicted octanol–water partition coefficient (Wildman–Crippen LogP) is 4.57. The van der Waals surface area contributed by atoms with Crippen molar-refractivity contribution in [3.63, 3.8) is 0 Å². The molecule has 0 aliphatic heterocycles. The third-order valence-corrected chi connectivity index (χ3v) is 3.85. The van der Waals surface area contributed by atoms with Crippen LogP contribution in [-0.2, 0) is 4.79 Å². The van der Waals surface area contributed by atoms with Crippen LogP contribution in [0.1, 0.15) is 11.1 Å². The molecule has 4 nitrogen and oxygen atoms in total. The van der Waals surface area contributed by atoms with Crippen LogP contribution in [-0.4, -0.2) is 20.1 Å². The molecule has 0 atom stereocenters. The van der Waals surface area contributed by atoms with Crippen LogP contribution in [0.2, 0.25) is 0 Å². The smallest absolute Gasteiger partial charge is 0.248 e. The van der Waals surface area contributed by atoms with Crippen LogP contribution in [0, 0.1) is 12.7 Å². The van der Waals surface area contributed by atoms with Gasteiger partial charge in [0.05, 0.1) is 14.2 Å². The van der Waals surface area contributed by atoms with Crippen molar-refractivity contribution in [1.82, 2.24) is 0 Å². The van der Waals surface area contributed by atoms with Gasteiger partial charge in [-0.1, -0.05) is 15.9 Å². The summed E-state index contributed by atoms with van der Waals surface area (Å²) in [5, 5.41) is 2.75. The van der Waals surface area contributed by atoms with E-state index in [0.717, 1.165) is 10.0 Å². The Morgan fingerprint density at radius 1 is 1.17 bits per heavy atom. The second-order valence-electron chi connectivity index (χ2n) is 5.01. The zero-order chi connectivity index (χ0) is 17.7. The van der Waals surface area contributed by atoms with E-state index >= 15 is 0 Å². The van der Waals surface area contributed by atoms with Crippen molar-refractivity contribution >= 4 is 33.6 Å². The van der Waals surface area contributed by atoms with Crippen LogP contribution in [0.5, 0.6) is 11.5 Å². The molecule has 0 aliphatic carbocycles. The summed E-state index contributed by atoms with van der Waals surface area (Å²) in [5.41, 5.74) is 1.74. The standard InChI is InChI=1S/C18H17BrFNO3/c1-11-8-16(23-2)17(24-3)10-15(11)21-18(22)7-4-12-9-13(19)5-6-14(12)20/h4-10H,1-3H3,(H,21,22)/b7-4+. The molecular formula is C18H17BrFNO3. The van der Waals surface area contributed by atoms with Gasteiger partial charge in [0.2, 0.25) is 5.91 Å². The first-order chi connectivity index (χ1) is 11.4. The Morgan fingerprint density at radius 3 is 2.50 bits per heavy atom. The quantitative estimate of drug-likeness (QED) is 0.757. The molecule has 0 saturated carbocycles. The Kier molecular flexibility index (Phi) is 5.98.